The van der Waals surface area contributed by atoms with Gasteiger partial charge in [-0.05, 0) is 0 Å². The molecule has 0 aliphatic carbocycles. The average Bonchev–Trinajstić information content (AvgIpc) is 2.33. The summed E-state index contributed by atoms with van der Waals surface area (Å²) < 4.78 is 0. The smallest absolute Gasteiger partial charge is 0.686 e. The second-order valence-corrected chi connectivity index (χ2v) is 2.59. The van der Waals surface area contributed by atoms with Crippen LogP contribution in [0.15, 0.2) is 18.2 Å². The summed E-state index contributed by atoms with van der Waals surface area (Å²) in [6.07, 6.45) is 1.10. The predicted octanol–water partition coefficient (Wildman–Crippen LogP) is 3.33. The molecule has 2 rings (SSSR count). The van der Waals surface area contributed by atoms with E-state index in [0.717, 1.165) is 24.2 Å². The Kier molecular flexibility index (Phi) is 11.9. The number of nitrogens with zero attached hydrogens (tertiary/aromatic N) is 1. The van der Waals surface area contributed by atoms with Gasteiger partial charge in [0.2, 0.25) is 0 Å². The molecular weight excluding hydrogens is 381 g/mol. The van der Waals surface area contributed by atoms with Crippen molar-refractivity contribution in [3.63, 3.8) is 0 Å². The third-order valence-corrected chi connectivity index (χ3v) is 1.81. The first-order valence-electron chi connectivity index (χ1n) is 3.48. The second kappa shape index (κ2) is 8.47. The van der Waals surface area contributed by atoms with Crippen molar-refractivity contribution in [2.75, 3.05) is 6.54 Å². The van der Waals surface area contributed by atoms with Crippen molar-refractivity contribution in [2.24, 2.45) is 0 Å². The zero-order chi connectivity index (χ0) is 6.97. The molecule has 0 saturated heterocycles. The van der Waals surface area contributed by atoms with Crippen LogP contribution in [0.4, 0.5) is 5.69 Å². The van der Waals surface area contributed by atoms with E-state index in [2.05, 4.69) is 18.3 Å². The summed E-state index contributed by atoms with van der Waals surface area (Å²) in [4.78, 5) is 0. The van der Waals surface area contributed by atoms with E-state index < -0.39 is 0 Å². The minimum absolute atomic E-state index is 0. The van der Waals surface area contributed by atoms with Gasteiger partial charge >= 0.3 is 39.6 Å². The monoisotopic (exact) mass is 396 g/mol. The van der Waals surface area contributed by atoms with E-state index in [9.17, 15) is 0 Å². The number of hydrogen-bond acceptors (Lipinski definition) is 0. The SMILES string of the molecule is [CH2-]c1ccc2c(c1)CC[N-]2.[CH3-].[CH3-].[V+2].[W+2]. The van der Waals surface area contributed by atoms with Crippen LogP contribution < -0.4 is 0 Å². The molecule has 0 spiro atoms. The van der Waals surface area contributed by atoms with Crippen LogP contribution in [0.2, 0.25) is 0 Å². The summed E-state index contributed by atoms with van der Waals surface area (Å²) in [5.74, 6) is 0. The number of hydrogen-bond donors (Lipinski definition) is 0. The van der Waals surface area contributed by atoms with Crippen LogP contribution in [0.1, 0.15) is 11.1 Å². The number of benzene rings is 1. The van der Waals surface area contributed by atoms with Crippen LogP contribution >= 0.6 is 0 Å². The maximum atomic E-state index is 4.31. The number of rotatable bonds is 0. The van der Waals surface area contributed by atoms with E-state index in [4.69, 9.17) is 0 Å². The van der Waals surface area contributed by atoms with Gasteiger partial charge in [-0.1, -0.05) is 6.42 Å². The fraction of sp³-hybridized carbons (Fsp3) is 0.182. The third kappa shape index (κ3) is 4.13. The maximum Gasteiger partial charge on any atom is 2.00 e. The van der Waals surface area contributed by atoms with E-state index in [1.54, 1.807) is 0 Å². The normalized spacial score (nSPS) is 10.3. The van der Waals surface area contributed by atoms with Gasteiger partial charge in [0, 0.05) is 0 Å². The first-order valence-corrected chi connectivity index (χ1v) is 3.48. The molecule has 1 nitrogen and oxygen atoms in total. The zero-order valence-corrected chi connectivity index (χ0v) is 13.0. The van der Waals surface area contributed by atoms with Crippen LogP contribution in [-0.4, -0.2) is 6.54 Å². The molecule has 0 aromatic heterocycles. The number of fused-ring (bicyclic) bond motifs is 1. The first kappa shape index (κ1) is 19.7. The van der Waals surface area contributed by atoms with Crippen molar-refractivity contribution in [1.82, 2.24) is 0 Å². The van der Waals surface area contributed by atoms with E-state index in [-0.39, 0.29) is 54.5 Å². The van der Waals surface area contributed by atoms with E-state index in [1.165, 1.54) is 5.56 Å². The topological polar surface area (TPSA) is 14.1 Å². The van der Waals surface area contributed by atoms with Crippen molar-refractivity contribution in [2.45, 2.75) is 6.42 Å². The van der Waals surface area contributed by atoms with Gasteiger partial charge in [-0.25, -0.2) is 0 Å². The molecular formula is C11H15NVW. The quantitative estimate of drug-likeness (QED) is 0.598. The zero-order valence-electron chi connectivity index (χ0n) is 8.66. The summed E-state index contributed by atoms with van der Waals surface area (Å²) in [7, 11) is 0. The summed E-state index contributed by atoms with van der Waals surface area (Å²) in [6, 6.07) is 6.17. The molecule has 1 aliphatic rings. The molecule has 75 valence electrons. The third-order valence-electron chi connectivity index (χ3n) is 1.81. The Balaban J connectivity index is -0.000000302. The summed E-state index contributed by atoms with van der Waals surface area (Å²) in [5, 5.41) is 4.31. The van der Waals surface area contributed by atoms with Gasteiger partial charge in [-0.2, -0.15) is 30.3 Å². The van der Waals surface area contributed by atoms with E-state index in [1.807, 2.05) is 12.1 Å². The second-order valence-electron chi connectivity index (χ2n) is 2.59. The molecule has 0 saturated carbocycles. The minimum Gasteiger partial charge on any atom is -0.686 e. The first-order chi connectivity index (χ1) is 4.86. The van der Waals surface area contributed by atoms with Crippen molar-refractivity contribution in [3.8, 4) is 0 Å². The van der Waals surface area contributed by atoms with Crippen molar-refractivity contribution >= 4 is 5.69 Å². The van der Waals surface area contributed by atoms with Gasteiger partial charge in [0.25, 0.3) is 0 Å². The van der Waals surface area contributed by atoms with Crippen LogP contribution in [0.3, 0.4) is 0 Å². The molecule has 1 aliphatic heterocycles. The van der Waals surface area contributed by atoms with Crippen molar-refractivity contribution < 1.29 is 39.6 Å². The van der Waals surface area contributed by atoms with Crippen LogP contribution in [0.25, 0.3) is 5.32 Å². The molecule has 3 heteroatoms. The summed E-state index contributed by atoms with van der Waals surface area (Å²) in [5.41, 5.74) is 3.61. The molecule has 0 amide bonds. The average molecular weight is 396 g/mol. The Morgan fingerprint density at radius 3 is 2.50 bits per heavy atom. The summed E-state index contributed by atoms with van der Waals surface area (Å²) >= 11 is 0. The Morgan fingerprint density at radius 2 is 1.86 bits per heavy atom. The molecule has 1 aromatic carbocycles. The Hall–Kier alpha value is 0.163. The molecule has 0 fully saturated rings. The van der Waals surface area contributed by atoms with Crippen LogP contribution in [0.5, 0.6) is 0 Å². The maximum absolute atomic E-state index is 4.31. The molecule has 0 N–H and O–H groups in total. The molecule has 0 unspecified atom stereocenters. The van der Waals surface area contributed by atoms with Crippen LogP contribution in [-0.2, 0) is 46.0 Å². The fourth-order valence-corrected chi connectivity index (χ4v) is 1.29. The summed E-state index contributed by atoms with van der Waals surface area (Å²) in [6.45, 7) is 4.81. The van der Waals surface area contributed by atoms with E-state index in [0.29, 0.717) is 0 Å². The molecule has 1 radical (unpaired) electrons. The predicted molar refractivity (Wildman–Crippen MR) is 55.3 cm³/mol. The Morgan fingerprint density at radius 1 is 1.21 bits per heavy atom. The van der Waals surface area contributed by atoms with E-state index >= 15 is 0 Å². The van der Waals surface area contributed by atoms with Gasteiger partial charge in [0.1, 0.15) is 0 Å². The Bertz CT molecular complexity index is 263. The standard InChI is InChI=1S/C9H9N.2CH3.V.W/c1-7-2-3-9-8(6-7)4-5-10-9;;;;/h2-3,6H,1,4-5H2;2*1H3;;/q-2;2*-1;2*+2. The van der Waals surface area contributed by atoms with Gasteiger partial charge < -0.3 is 20.2 Å². The van der Waals surface area contributed by atoms with Crippen molar-refractivity contribution in [3.05, 3.63) is 56.4 Å². The largest absolute Gasteiger partial charge is 2.00 e. The van der Waals surface area contributed by atoms with Crippen LogP contribution in [0, 0.1) is 21.8 Å². The van der Waals surface area contributed by atoms with Gasteiger partial charge in [0.15, 0.2) is 0 Å². The Labute approximate surface area is 114 Å². The molecule has 1 aromatic rings. The minimum atomic E-state index is 0. The molecule has 0 bridgehead atoms. The molecule has 14 heavy (non-hydrogen) atoms. The van der Waals surface area contributed by atoms with Crippen molar-refractivity contribution in [1.29, 1.82) is 0 Å². The van der Waals surface area contributed by atoms with Gasteiger partial charge in [-0.3, -0.25) is 0 Å². The molecule has 1 heterocycles. The van der Waals surface area contributed by atoms with Gasteiger partial charge in [-0.15, -0.1) is 18.2 Å². The van der Waals surface area contributed by atoms with Gasteiger partial charge in [0.05, 0.1) is 0 Å². The molecule has 0 atom stereocenters. The fourth-order valence-electron chi connectivity index (χ4n) is 1.29.